The molecule has 0 saturated carbocycles. The zero-order valence-electron chi connectivity index (χ0n) is 36.6. The Labute approximate surface area is 372 Å². The SMILES string of the molecule is CC(C)(C)OC(=O)NCCCC[C@H](NC(=O)OC(C)(C)C)C(=O)NCC(=O)N[C@@H](CSC(c1ccccc1)(c1ccccc1)c1ccccc1)C(=O)NCCn1ccnc1[N+](=O)[O-]. The van der Waals surface area contributed by atoms with Gasteiger partial charge in [-0.15, -0.1) is 11.8 Å². The minimum absolute atomic E-state index is 0.0175. The Morgan fingerprint density at radius 3 is 1.75 bits per heavy atom. The molecule has 5 amide bonds. The Hall–Kier alpha value is -6.43. The Kier molecular flexibility index (Phi) is 18.1. The second-order valence-corrected chi connectivity index (χ2v) is 17.8. The number of amides is 5. The van der Waals surface area contributed by atoms with Crippen LogP contribution in [0, 0.1) is 10.1 Å². The van der Waals surface area contributed by atoms with Gasteiger partial charge in [0.25, 0.3) is 0 Å². The van der Waals surface area contributed by atoms with E-state index in [0.29, 0.717) is 12.8 Å². The van der Waals surface area contributed by atoms with Crippen molar-refractivity contribution in [2.45, 2.75) is 95.4 Å². The molecular formula is C45H58N8O9S. The number of nitrogens with zero attached hydrogens (tertiary/aromatic N) is 3. The fourth-order valence-electron chi connectivity index (χ4n) is 6.46. The summed E-state index contributed by atoms with van der Waals surface area (Å²) < 4.78 is 11.1. The number of ether oxygens (including phenoxy) is 2. The van der Waals surface area contributed by atoms with Gasteiger partial charge in [0.1, 0.15) is 35.7 Å². The standard InChI is InChI=1S/C45H58N8O9S/c1-43(2,3)61-41(57)48-25-17-16-24-35(51-42(58)62-44(4,5)6)38(55)49-30-37(54)50-36(39(56)46-26-28-52-29-27-47-40(52)53(59)60)31-63-45(32-18-10-7-11-19-32,33-20-12-8-13-21-33)34-22-14-9-15-23-34/h7-15,18-23,27,29,35-36H,16-17,24-26,28,30-31H2,1-6H3,(H,46,56)(H,48,57)(H,49,55)(H,50,54)(H,51,58)/t35-,36-/m0/s1. The zero-order chi connectivity index (χ0) is 46.0. The number of rotatable bonds is 21. The third-order valence-electron chi connectivity index (χ3n) is 9.19. The minimum atomic E-state index is -1.15. The van der Waals surface area contributed by atoms with Crippen molar-refractivity contribution in [3.05, 3.63) is 130 Å². The molecule has 5 N–H and O–H groups in total. The number of carbonyl (C=O) groups is 5. The van der Waals surface area contributed by atoms with Gasteiger partial charge in [-0.05, 0) is 82.4 Å². The molecule has 17 nitrogen and oxygen atoms in total. The summed E-state index contributed by atoms with van der Waals surface area (Å²) in [5.41, 5.74) is 1.29. The summed E-state index contributed by atoms with van der Waals surface area (Å²) in [6, 6.07) is 27.2. The minimum Gasteiger partial charge on any atom is -0.444 e. The molecule has 2 atom stereocenters. The van der Waals surface area contributed by atoms with Crippen molar-refractivity contribution in [2.75, 3.05) is 25.4 Å². The molecule has 0 fully saturated rings. The maximum Gasteiger partial charge on any atom is 0.434 e. The fourth-order valence-corrected chi connectivity index (χ4v) is 8.02. The lowest BCUT2D eigenvalue weighted by atomic mass is 9.84. The lowest BCUT2D eigenvalue weighted by Crippen LogP contribution is -2.53. The van der Waals surface area contributed by atoms with E-state index in [1.54, 1.807) is 41.5 Å². The topological polar surface area (TPSA) is 225 Å². The second kappa shape index (κ2) is 23.1. The number of carbonyl (C=O) groups excluding carboxylic acids is 5. The van der Waals surface area contributed by atoms with Gasteiger partial charge in [-0.1, -0.05) is 96.0 Å². The van der Waals surface area contributed by atoms with Crippen LogP contribution < -0.4 is 26.6 Å². The molecule has 0 saturated heterocycles. The lowest BCUT2D eigenvalue weighted by Gasteiger charge is -2.36. The van der Waals surface area contributed by atoms with Crippen LogP contribution >= 0.6 is 11.8 Å². The number of hydrogen-bond donors (Lipinski definition) is 5. The molecule has 0 aliphatic heterocycles. The van der Waals surface area contributed by atoms with Crippen molar-refractivity contribution < 1.29 is 38.4 Å². The van der Waals surface area contributed by atoms with Crippen molar-refractivity contribution in [3.8, 4) is 0 Å². The lowest BCUT2D eigenvalue weighted by molar-refractivity contribution is -0.396. The van der Waals surface area contributed by atoms with E-state index in [2.05, 4.69) is 31.6 Å². The molecule has 18 heteroatoms. The summed E-state index contributed by atoms with van der Waals surface area (Å²) in [6.45, 7) is 10.1. The number of nitro groups is 1. The van der Waals surface area contributed by atoms with Gasteiger partial charge in [0.05, 0.1) is 17.8 Å². The van der Waals surface area contributed by atoms with Gasteiger partial charge in [-0.25, -0.2) is 14.2 Å². The van der Waals surface area contributed by atoms with Crippen LogP contribution in [0.25, 0.3) is 0 Å². The first kappa shape index (κ1) is 49.2. The highest BCUT2D eigenvalue weighted by Gasteiger charge is 2.39. The first-order valence-electron chi connectivity index (χ1n) is 20.6. The molecule has 63 heavy (non-hydrogen) atoms. The molecule has 0 radical (unpaired) electrons. The molecule has 0 spiro atoms. The monoisotopic (exact) mass is 886 g/mol. The largest absolute Gasteiger partial charge is 0.444 e. The van der Waals surface area contributed by atoms with E-state index < -0.39 is 69.4 Å². The van der Waals surface area contributed by atoms with Gasteiger partial charge in [0, 0.05) is 18.8 Å². The average molecular weight is 887 g/mol. The predicted octanol–water partition coefficient (Wildman–Crippen LogP) is 5.82. The number of benzene rings is 3. The molecule has 4 rings (SSSR count). The Bertz CT molecular complexity index is 2030. The van der Waals surface area contributed by atoms with Crippen molar-refractivity contribution in [2.24, 2.45) is 0 Å². The highest BCUT2D eigenvalue weighted by molar-refractivity contribution is 8.00. The summed E-state index contributed by atoms with van der Waals surface area (Å²) in [4.78, 5) is 80.7. The zero-order valence-corrected chi connectivity index (χ0v) is 37.4. The van der Waals surface area contributed by atoms with Crippen LogP contribution in [-0.4, -0.2) is 93.1 Å². The molecule has 0 aliphatic rings. The Balaban J connectivity index is 1.53. The van der Waals surface area contributed by atoms with Gasteiger partial charge in [0.2, 0.25) is 17.7 Å². The van der Waals surface area contributed by atoms with E-state index in [0.717, 1.165) is 16.7 Å². The molecule has 0 aliphatic carbocycles. The van der Waals surface area contributed by atoms with Gasteiger partial charge in [0.15, 0.2) is 0 Å². The smallest absolute Gasteiger partial charge is 0.434 e. The maximum absolute atomic E-state index is 14.0. The van der Waals surface area contributed by atoms with Crippen molar-refractivity contribution >= 4 is 47.6 Å². The number of hydrogen-bond acceptors (Lipinski definition) is 11. The molecule has 338 valence electrons. The van der Waals surface area contributed by atoms with Gasteiger partial charge in [-0.2, -0.15) is 0 Å². The van der Waals surface area contributed by atoms with Gasteiger partial charge in [-0.3, -0.25) is 14.4 Å². The van der Waals surface area contributed by atoms with E-state index in [4.69, 9.17) is 9.47 Å². The van der Waals surface area contributed by atoms with E-state index in [1.807, 2.05) is 91.0 Å². The Morgan fingerprint density at radius 1 is 0.698 bits per heavy atom. The third kappa shape index (κ3) is 15.8. The highest BCUT2D eigenvalue weighted by atomic mass is 32.2. The number of alkyl carbamates (subject to hydrolysis) is 2. The summed E-state index contributed by atoms with van der Waals surface area (Å²) in [5, 5.41) is 24.9. The number of imidazole rings is 1. The first-order valence-corrected chi connectivity index (χ1v) is 21.6. The number of unbranched alkanes of at least 4 members (excludes halogenated alkanes) is 1. The molecule has 0 bridgehead atoms. The van der Waals surface area contributed by atoms with Crippen molar-refractivity contribution in [3.63, 3.8) is 0 Å². The van der Waals surface area contributed by atoms with Crippen LogP contribution in [0.3, 0.4) is 0 Å². The van der Waals surface area contributed by atoms with Gasteiger partial charge >= 0.3 is 18.1 Å². The summed E-state index contributed by atoms with van der Waals surface area (Å²) in [6.07, 6.45) is 2.34. The summed E-state index contributed by atoms with van der Waals surface area (Å²) >= 11 is 1.44. The van der Waals surface area contributed by atoms with Crippen LogP contribution in [0.5, 0.6) is 0 Å². The molecule has 1 heterocycles. The number of nitrogens with one attached hydrogen (secondary N) is 5. The van der Waals surface area contributed by atoms with E-state index in [9.17, 15) is 34.1 Å². The normalized spacial score (nSPS) is 12.5. The fraction of sp³-hybridized carbons (Fsp3) is 0.422. The maximum atomic E-state index is 14.0. The van der Waals surface area contributed by atoms with Gasteiger partial charge < -0.3 is 46.2 Å². The van der Waals surface area contributed by atoms with Crippen LogP contribution in [0.4, 0.5) is 15.5 Å². The van der Waals surface area contributed by atoms with Crippen LogP contribution in [0.1, 0.15) is 77.5 Å². The number of thioether (sulfide) groups is 1. The van der Waals surface area contributed by atoms with Crippen molar-refractivity contribution in [1.29, 1.82) is 0 Å². The summed E-state index contributed by atoms with van der Waals surface area (Å²) in [5.74, 6) is -2.23. The molecule has 3 aromatic carbocycles. The quantitative estimate of drug-likeness (QED) is 0.0290. The molecular weight excluding hydrogens is 829 g/mol. The number of aromatic nitrogens is 2. The van der Waals surface area contributed by atoms with E-state index >= 15 is 0 Å². The molecule has 4 aromatic rings. The highest BCUT2D eigenvalue weighted by Crippen LogP contribution is 2.48. The molecule has 0 unspecified atom stereocenters. The summed E-state index contributed by atoms with van der Waals surface area (Å²) in [7, 11) is 0. The van der Waals surface area contributed by atoms with Crippen LogP contribution in [0.2, 0.25) is 0 Å². The predicted molar refractivity (Wildman–Crippen MR) is 240 cm³/mol. The van der Waals surface area contributed by atoms with E-state index in [-0.39, 0.29) is 37.8 Å². The van der Waals surface area contributed by atoms with Crippen molar-refractivity contribution in [1.82, 2.24) is 36.1 Å². The molecule has 1 aromatic heterocycles. The third-order valence-corrected chi connectivity index (χ3v) is 10.8. The average Bonchev–Trinajstić information content (AvgIpc) is 3.71. The first-order chi connectivity index (χ1) is 29.9. The van der Waals surface area contributed by atoms with Crippen LogP contribution in [0.15, 0.2) is 103 Å². The van der Waals surface area contributed by atoms with E-state index in [1.165, 1.54) is 28.7 Å². The second-order valence-electron chi connectivity index (χ2n) is 16.5. The Morgan fingerprint density at radius 2 is 1.22 bits per heavy atom. The van der Waals surface area contributed by atoms with Crippen LogP contribution in [-0.2, 0) is 35.1 Å².